The summed E-state index contributed by atoms with van der Waals surface area (Å²) in [4.78, 5) is 12.3. The van der Waals surface area contributed by atoms with Crippen LogP contribution >= 0.6 is 11.8 Å². The van der Waals surface area contributed by atoms with Gasteiger partial charge < -0.3 is 9.47 Å². The zero-order valence-electron chi connectivity index (χ0n) is 9.02. The van der Waals surface area contributed by atoms with E-state index in [1.54, 1.807) is 37.7 Å². The topological polar surface area (TPSA) is 35.5 Å². The number of hydrogen-bond acceptors (Lipinski definition) is 4. The molecule has 0 fully saturated rings. The van der Waals surface area contributed by atoms with E-state index in [2.05, 4.69) is 0 Å². The van der Waals surface area contributed by atoms with Gasteiger partial charge in [-0.15, -0.1) is 11.8 Å². The maximum atomic E-state index is 11.1. The molecule has 0 heterocycles. The van der Waals surface area contributed by atoms with Crippen LogP contribution in [0.25, 0.3) is 0 Å². The molecule has 0 radical (unpaired) electrons. The molecule has 0 saturated heterocycles. The van der Waals surface area contributed by atoms with Gasteiger partial charge in [0.15, 0.2) is 0 Å². The molecule has 0 atom stereocenters. The molecule has 82 valence electrons. The predicted octanol–water partition coefficient (Wildman–Crippen LogP) is 3.33. The van der Waals surface area contributed by atoms with E-state index in [4.69, 9.17) is 9.47 Å². The summed E-state index contributed by atoms with van der Waals surface area (Å²) in [6.07, 6.45) is 1.16. The molecule has 1 aromatic carbocycles. The van der Waals surface area contributed by atoms with E-state index in [9.17, 15) is 4.79 Å². The largest absolute Gasteiger partial charge is 0.514 e. The Hall–Kier alpha value is -1.16. The monoisotopic (exact) mass is 226 g/mol. The average Bonchev–Trinajstić information content (AvgIpc) is 2.17. The van der Waals surface area contributed by atoms with Gasteiger partial charge in [-0.3, -0.25) is 0 Å². The summed E-state index contributed by atoms with van der Waals surface area (Å²) in [5.41, 5.74) is 0. The number of carbonyl (C=O) groups is 1. The Bertz CT molecular complexity index is 319. The lowest BCUT2D eigenvalue weighted by atomic mass is 10.3. The van der Waals surface area contributed by atoms with Crippen LogP contribution in [-0.4, -0.2) is 18.5 Å². The fraction of sp³-hybridized carbons (Fsp3) is 0.364. The smallest absolute Gasteiger partial charge is 0.431 e. The molecule has 0 aromatic heterocycles. The second-order valence-electron chi connectivity index (χ2n) is 3.19. The Morgan fingerprint density at radius 1 is 1.27 bits per heavy atom. The highest BCUT2D eigenvalue weighted by Gasteiger charge is 2.07. The molecule has 1 aromatic rings. The van der Waals surface area contributed by atoms with Crippen molar-refractivity contribution >= 4 is 17.9 Å². The molecule has 0 saturated carbocycles. The van der Waals surface area contributed by atoms with E-state index in [0.29, 0.717) is 5.75 Å². The molecule has 3 nitrogen and oxygen atoms in total. The van der Waals surface area contributed by atoms with Crippen LogP contribution in [0, 0.1) is 0 Å². The van der Waals surface area contributed by atoms with Crippen molar-refractivity contribution in [2.75, 3.05) is 6.26 Å². The van der Waals surface area contributed by atoms with E-state index < -0.39 is 6.16 Å². The molecule has 0 N–H and O–H groups in total. The summed E-state index contributed by atoms with van der Waals surface area (Å²) >= 11 is 1.64. The lowest BCUT2D eigenvalue weighted by Gasteiger charge is -2.08. The van der Waals surface area contributed by atoms with Crippen molar-refractivity contribution in [2.45, 2.75) is 24.8 Å². The van der Waals surface area contributed by atoms with Crippen molar-refractivity contribution < 1.29 is 14.3 Å². The molecule has 0 aliphatic rings. The van der Waals surface area contributed by atoms with Crippen molar-refractivity contribution in [1.82, 2.24) is 0 Å². The predicted molar refractivity (Wildman–Crippen MR) is 60.5 cm³/mol. The number of hydrogen-bond donors (Lipinski definition) is 0. The van der Waals surface area contributed by atoms with Gasteiger partial charge in [-0.05, 0) is 44.4 Å². The number of thioether (sulfide) groups is 1. The Balaban J connectivity index is 2.53. The molecule has 0 unspecified atom stereocenters. The minimum Gasteiger partial charge on any atom is -0.431 e. The number of benzene rings is 1. The number of carbonyl (C=O) groups excluding carboxylic acids is 1. The third-order valence-corrected chi connectivity index (χ3v) is 2.34. The van der Waals surface area contributed by atoms with Crippen LogP contribution in [0.3, 0.4) is 0 Å². The van der Waals surface area contributed by atoms with Gasteiger partial charge in [0.05, 0.1) is 6.10 Å². The van der Waals surface area contributed by atoms with Crippen LogP contribution in [-0.2, 0) is 4.74 Å². The van der Waals surface area contributed by atoms with Crippen LogP contribution < -0.4 is 4.74 Å². The molecule has 0 bridgehead atoms. The summed E-state index contributed by atoms with van der Waals surface area (Å²) in [6, 6.07) is 7.27. The highest BCUT2D eigenvalue weighted by atomic mass is 32.2. The van der Waals surface area contributed by atoms with E-state index in [-0.39, 0.29) is 6.10 Å². The minimum absolute atomic E-state index is 0.164. The van der Waals surface area contributed by atoms with Crippen molar-refractivity contribution in [3.8, 4) is 5.75 Å². The van der Waals surface area contributed by atoms with Gasteiger partial charge in [-0.25, -0.2) is 4.79 Å². The quantitative estimate of drug-likeness (QED) is 0.450. The molecule has 0 aliphatic carbocycles. The van der Waals surface area contributed by atoms with E-state index >= 15 is 0 Å². The zero-order valence-corrected chi connectivity index (χ0v) is 9.84. The second-order valence-corrected chi connectivity index (χ2v) is 4.07. The first-order valence-corrected chi connectivity index (χ1v) is 5.87. The fourth-order valence-electron chi connectivity index (χ4n) is 0.956. The number of ether oxygens (including phenoxy) is 2. The third kappa shape index (κ3) is 4.25. The van der Waals surface area contributed by atoms with Gasteiger partial charge in [0.2, 0.25) is 0 Å². The van der Waals surface area contributed by atoms with Crippen LogP contribution in [0.5, 0.6) is 5.75 Å². The molecule has 4 heteroatoms. The van der Waals surface area contributed by atoms with E-state index in [1.807, 2.05) is 18.4 Å². The van der Waals surface area contributed by atoms with E-state index in [0.717, 1.165) is 4.90 Å². The SMILES string of the molecule is CSc1ccc(OC(=O)OC(C)C)cc1. The summed E-state index contributed by atoms with van der Waals surface area (Å²) in [7, 11) is 0. The van der Waals surface area contributed by atoms with Crippen molar-refractivity contribution in [3.63, 3.8) is 0 Å². The van der Waals surface area contributed by atoms with Gasteiger partial charge in [-0.1, -0.05) is 0 Å². The van der Waals surface area contributed by atoms with Gasteiger partial charge in [0.1, 0.15) is 5.75 Å². The van der Waals surface area contributed by atoms with Gasteiger partial charge in [0.25, 0.3) is 0 Å². The van der Waals surface area contributed by atoms with Crippen LogP contribution in [0.15, 0.2) is 29.2 Å². The van der Waals surface area contributed by atoms with Crippen molar-refractivity contribution in [3.05, 3.63) is 24.3 Å². The van der Waals surface area contributed by atoms with Crippen molar-refractivity contribution in [2.24, 2.45) is 0 Å². The lowest BCUT2D eigenvalue weighted by Crippen LogP contribution is -2.15. The third-order valence-electron chi connectivity index (χ3n) is 1.59. The Kier molecular flexibility index (Phi) is 4.49. The Morgan fingerprint density at radius 2 is 1.87 bits per heavy atom. The van der Waals surface area contributed by atoms with E-state index in [1.165, 1.54) is 0 Å². The molecule has 15 heavy (non-hydrogen) atoms. The molecule has 0 aliphatic heterocycles. The van der Waals surface area contributed by atoms with Crippen LogP contribution in [0.4, 0.5) is 4.79 Å². The van der Waals surface area contributed by atoms with Gasteiger partial charge >= 0.3 is 6.16 Å². The second kappa shape index (κ2) is 5.66. The first kappa shape index (κ1) is 11.9. The molecule has 0 amide bonds. The first-order chi connectivity index (χ1) is 7.11. The maximum Gasteiger partial charge on any atom is 0.514 e. The Labute approximate surface area is 93.8 Å². The lowest BCUT2D eigenvalue weighted by molar-refractivity contribution is 0.0729. The zero-order chi connectivity index (χ0) is 11.3. The normalized spacial score (nSPS) is 10.1. The standard InChI is InChI=1S/C11H14O3S/c1-8(2)13-11(12)14-9-4-6-10(15-3)7-5-9/h4-8H,1-3H3. The Morgan fingerprint density at radius 3 is 2.33 bits per heavy atom. The fourth-order valence-corrected chi connectivity index (χ4v) is 1.36. The average molecular weight is 226 g/mol. The van der Waals surface area contributed by atoms with Crippen molar-refractivity contribution in [1.29, 1.82) is 0 Å². The van der Waals surface area contributed by atoms with Gasteiger partial charge in [-0.2, -0.15) is 0 Å². The molecular formula is C11H14O3S. The number of rotatable bonds is 3. The summed E-state index contributed by atoms with van der Waals surface area (Å²) in [5, 5.41) is 0. The highest BCUT2D eigenvalue weighted by Crippen LogP contribution is 2.19. The van der Waals surface area contributed by atoms with Crippen LogP contribution in [0.2, 0.25) is 0 Å². The summed E-state index contributed by atoms with van der Waals surface area (Å²) < 4.78 is 9.80. The highest BCUT2D eigenvalue weighted by molar-refractivity contribution is 7.98. The minimum atomic E-state index is -0.665. The summed E-state index contributed by atoms with van der Waals surface area (Å²) in [6.45, 7) is 3.55. The molecule has 1 rings (SSSR count). The first-order valence-electron chi connectivity index (χ1n) is 4.64. The molecular weight excluding hydrogens is 212 g/mol. The van der Waals surface area contributed by atoms with Crippen LogP contribution in [0.1, 0.15) is 13.8 Å². The summed E-state index contributed by atoms with van der Waals surface area (Å²) in [5.74, 6) is 0.499. The van der Waals surface area contributed by atoms with Gasteiger partial charge in [0, 0.05) is 4.90 Å². The maximum absolute atomic E-state index is 11.1. The molecule has 0 spiro atoms.